The minimum Gasteiger partial charge on any atom is -0.481 e. The SMILES string of the molecule is CN(Cc1cc2c(=O)[nH]c(N)nc2n1C)c1ccc(C(=O)N[C@@H](CCC(=O)N[C@@H](CCC(=O)O)C(=O)O)C(=O)O)cc1. The molecular weight excluding hydrogens is 554 g/mol. The molecule has 224 valence electrons. The molecule has 8 N–H and O–H groups in total. The number of aromatic amines is 1. The second kappa shape index (κ2) is 13.3. The number of H-pyrrole nitrogens is 1. The number of nitrogens with one attached hydrogen (secondary N) is 3. The summed E-state index contributed by atoms with van der Waals surface area (Å²) in [5.41, 5.74) is 7.41. The van der Waals surface area contributed by atoms with E-state index in [4.69, 9.17) is 15.9 Å². The van der Waals surface area contributed by atoms with Crippen LogP contribution in [0.5, 0.6) is 0 Å². The Morgan fingerprint density at radius 3 is 2.19 bits per heavy atom. The third-order valence-electron chi connectivity index (χ3n) is 6.53. The molecule has 42 heavy (non-hydrogen) atoms. The number of nitrogens with zero attached hydrogens (tertiary/aromatic N) is 3. The quantitative estimate of drug-likeness (QED) is 0.131. The number of carbonyl (C=O) groups excluding carboxylic acids is 2. The second-order valence-electron chi connectivity index (χ2n) is 9.58. The van der Waals surface area contributed by atoms with E-state index >= 15 is 0 Å². The van der Waals surface area contributed by atoms with Gasteiger partial charge in [-0.05, 0) is 43.2 Å². The number of aliphatic carboxylic acids is 3. The third kappa shape index (κ3) is 7.83. The summed E-state index contributed by atoms with van der Waals surface area (Å²) < 4.78 is 1.75. The first-order chi connectivity index (χ1) is 19.8. The number of nitrogen functional groups attached to an aromatic ring is 1. The van der Waals surface area contributed by atoms with Gasteiger partial charge in [-0.25, -0.2) is 9.59 Å². The Morgan fingerprint density at radius 2 is 1.60 bits per heavy atom. The highest BCUT2D eigenvalue weighted by Gasteiger charge is 2.25. The van der Waals surface area contributed by atoms with Crippen LogP contribution >= 0.6 is 0 Å². The van der Waals surface area contributed by atoms with Crippen LogP contribution in [-0.2, 0) is 32.8 Å². The Kier molecular flexibility index (Phi) is 9.85. The van der Waals surface area contributed by atoms with Crippen molar-refractivity contribution < 1.29 is 39.3 Å². The molecule has 16 nitrogen and oxygen atoms in total. The molecule has 3 aromatic rings. The van der Waals surface area contributed by atoms with E-state index in [0.717, 1.165) is 11.4 Å². The molecule has 0 saturated heterocycles. The van der Waals surface area contributed by atoms with Gasteiger partial charge in [0.1, 0.15) is 17.7 Å². The Morgan fingerprint density at radius 1 is 1.00 bits per heavy atom. The number of fused-ring (bicyclic) bond motifs is 1. The molecule has 16 heteroatoms. The molecule has 0 bridgehead atoms. The van der Waals surface area contributed by atoms with Crippen LogP contribution in [0.15, 0.2) is 35.1 Å². The van der Waals surface area contributed by atoms with Gasteiger partial charge in [-0.2, -0.15) is 4.98 Å². The topological polar surface area (TPSA) is 250 Å². The number of hydrogen-bond acceptors (Lipinski definition) is 9. The Bertz CT molecular complexity index is 1560. The molecule has 0 aliphatic carbocycles. The number of anilines is 2. The van der Waals surface area contributed by atoms with Gasteiger partial charge in [-0.1, -0.05) is 0 Å². The fourth-order valence-electron chi connectivity index (χ4n) is 4.19. The van der Waals surface area contributed by atoms with Gasteiger partial charge in [0.05, 0.1) is 11.9 Å². The maximum absolute atomic E-state index is 12.7. The molecule has 2 atom stereocenters. The number of aryl methyl sites for hydroxylation is 1. The van der Waals surface area contributed by atoms with E-state index in [9.17, 15) is 33.9 Å². The summed E-state index contributed by atoms with van der Waals surface area (Å²) in [4.78, 5) is 79.2. The number of carbonyl (C=O) groups is 5. The van der Waals surface area contributed by atoms with Crippen LogP contribution in [0.3, 0.4) is 0 Å². The fraction of sp³-hybridized carbons (Fsp3) is 0.346. The average molecular weight is 586 g/mol. The number of carboxylic acids is 3. The molecule has 0 aliphatic rings. The molecule has 2 aromatic heterocycles. The molecule has 0 unspecified atom stereocenters. The normalized spacial score (nSPS) is 12.3. The van der Waals surface area contributed by atoms with E-state index in [1.54, 1.807) is 36.9 Å². The maximum atomic E-state index is 12.7. The molecule has 0 spiro atoms. The van der Waals surface area contributed by atoms with Gasteiger partial charge in [0.15, 0.2) is 0 Å². The van der Waals surface area contributed by atoms with Crippen molar-refractivity contribution in [3.05, 3.63) is 51.9 Å². The van der Waals surface area contributed by atoms with Crippen LogP contribution in [0.1, 0.15) is 41.7 Å². The molecule has 1 aromatic carbocycles. The van der Waals surface area contributed by atoms with Crippen LogP contribution in [-0.4, -0.2) is 78.7 Å². The minimum atomic E-state index is -1.44. The van der Waals surface area contributed by atoms with Gasteiger partial charge in [-0.15, -0.1) is 0 Å². The molecule has 0 aliphatic heterocycles. The standard InChI is InChI=1S/C26H31N7O9/c1-32(12-15-11-16-21(33(15)2)30-26(27)31-23(16)38)14-5-3-13(4-6-14)22(37)29-18(25(41)42)7-9-19(34)28-17(24(39)40)8-10-20(35)36/h3-6,11,17-18H,7-10,12H2,1-2H3,(H,28,34)(H,29,37)(H,35,36)(H,39,40)(H,41,42)(H3,27,30,31,38)/t17-,18-/m0/s1. The number of carboxylic acid groups (broad SMARTS) is 3. The summed E-state index contributed by atoms with van der Waals surface area (Å²) in [7, 11) is 3.57. The van der Waals surface area contributed by atoms with E-state index in [-0.39, 0.29) is 29.9 Å². The highest BCUT2D eigenvalue weighted by atomic mass is 16.4. The van der Waals surface area contributed by atoms with E-state index < -0.39 is 54.6 Å². The van der Waals surface area contributed by atoms with Crippen molar-refractivity contribution in [2.24, 2.45) is 7.05 Å². The van der Waals surface area contributed by atoms with Gasteiger partial charge in [0.25, 0.3) is 11.5 Å². The first-order valence-corrected chi connectivity index (χ1v) is 12.7. The fourth-order valence-corrected chi connectivity index (χ4v) is 4.19. The number of nitrogens with two attached hydrogens (primary N) is 1. The Balaban J connectivity index is 1.60. The van der Waals surface area contributed by atoms with Crippen LogP contribution in [0.4, 0.5) is 11.6 Å². The number of hydrogen-bond donors (Lipinski definition) is 7. The minimum absolute atomic E-state index is 0.00989. The van der Waals surface area contributed by atoms with Crippen LogP contribution in [0.25, 0.3) is 11.0 Å². The monoisotopic (exact) mass is 585 g/mol. The molecular formula is C26H31N7O9. The van der Waals surface area contributed by atoms with Gasteiger partial charge >= 0.3 is 17.9 Å². The van der Waals surface area contributed by atoms with Crippen molar-refractivity contribution in [3.63, 3.8) is 0 Å². The zero-order chi connectivity index (χ0) is 31.1. The van der Waals surface area contributed by atoms with Crippen molar-refractivity contribution >= 4 is 52.4 Å². The van der Waals surface area contributed by atoms with Crippen LogP contribution in [0.2, 0.25) is 0 Å². The lowest BCUT2D eigenvalue weighted by atomic mass is 10.1. The number of benzene rings is 1. The van der Waals surface area contributed by atoms with Crippen molar-refractivity contribution in [3.8, 4) is 0 Å². The predicted octanol–water partition coefficient (Wildman–Crippen LogP) is -0.122. The van der Waals surface area contributed by atoms with Gasteiger partial charge in [0.2, 0.25) is 11.9 Å². The largest absolute Gasteiger partial charge is 0.481 e. The van der Waals surface area contributed by atoms with E-state index in [2.05, 4.69) is 20.6 Å². The third-order valence-corrected chi connectivity index (χ3v) is 6.53. The van der Waals surface area contributed by atoms with E-state index in [1.165, 1.54) is 12.1 Å². The summed E-state index contributed by atoms with van der Waals surface area (Å²) in [6.45, 7) is 0.389. The Hall–Kier alpha value is -5.41. The summed E-state index contributed by atoms with van der Waals surface area (Å²) in [6.07, 6.45) is -1.56. The molecule has 2 heterocycles. The second-order valence-corrected chi connectivity index (χ2v) is 9.58. The number of amides is 2. The van der Waals surface area contributed by atoms with Crippen molar-refractivity contribution in [2.45, 2.75) is 44.3 Å². The maximum Gasteiger partial charge on any atom is 0.326 e. The highest BCUT2D eigenvalue weighted by Crippen LogP contribution is 2.20. The smallest absolute Gasteiger partial charge is 0.326 e. The Labute approximate surface area is 238 Å². The van der Waals surface area contributed by atoms with Gasteiger partial charge < -0.3 is 41.2 Å². The molecule has 0 saturated carbocycles. The predicted molar refractivity (Wildman–Crippen MR) is 149 cm³/mol. The van der Waals surface area contributed by atoms with E-state index in [0.29, 0.717) is 17.6 Å². The summed E-state index contributed by atoms with van der Waals surface area (Å²) in [5.74, 6) is -5.52. The molecule has 2 amide bonds. The first kappa shape index (κ1) is 31.1. The zero-order valence-electron chi connectivity index (χ0n) is 22.8. The van der Waals surface area contributed by atoms with Crippen molar-refractivity contribution in [1.82, 2.24) is 25.2 Å². The van der Waals surface area contributed by atoms with Crippen LogP contribution in [0, 0.1) is 0 Å². The molecule has 3 rings (SSSR count). The molecule has 0 radical (unpaired) electrons. The first-order valence-electron chi connectivity index (χ1n) is 12.7. The van der Waals surface area contributed by atoms with Crippen molar-refractivity contribution in [2.75, 3.05) is 17.7 Å². The lowest BCUT2D eigenvalue weighted by molar-refractivity contribution is -0.143. The lowest BCUT2D eigenvalue weighted by Gasteiger charge is -2.20. The number of aromatic nitrogens is 3. The van der Waals surface area contributed by atoms with Gasteiger partial charge in [0, 0.05) is 43.9 Å². The summed E-state index contributed by atoms with van der Waals surface area (Å²) in [6, 6.07) is 5.15. The van der Waals surface area contributed by atoms with Gasteiger partial charge in [-0.3, -0.25) is 24.2 Å². The summed E-state index contributed by atoms with van der Waals surface area (Å²) in [5, 5.41) is 32.3. The van der Waals surface area contributed by atoms with Crippen LogP contribution < -0.4 is 26.8 Å². The van der Waals surface area contributed by atoms with Crippen molar-refractivity contribution in [1.29, 1.82) is 0 Å². The average Bonchev–Trinajstić information content (AvgIpc) is 3.23. The number of rotatable bonds is 14. The summed E-state index contributed by atoms with van der Waals surface area (Å²) >= 11 is 0. The lowest BCUT2D eigenvalue weighted by Crippen LogP contribution is -2.44. The zero-order valence-corrected chi connectivity index (χ0v) is 22.8. The molecule has 0 fully saturated rings. The van der Waals surface area contributed by atoms with E-state index in [1.807, 2.05) is 4.90 Å². The highest BCUT2D eigenvalue weighted by molar-refractivity contribution is 5.97.